The average molecular weight is 493 g/mol. The summed E-state index contributed by atoms with van der Waals surface area (Å²) in [5, 5.41) is 6.92. The highest BCUT2D eigenvalue weighted by atomic mass is 19.1. The number of nitrogens with one attached hydrogen (secondary N) is 1. The third-order valence-electron chi connectivity index (χ3n) is 6.24. The lowest BCUT2D eigenvalue weighted by atomic mass is 9.97. The third-order valence-corrected chi connectivity index (χ3v) is 6.24. The van der Waals surface area contributed by atoms with E-state index in [1.54, 1.807) is 31.2 Å². The van der Waals surface area contributed by atoms with Crippen LogP contribution in [-0.4, -0.2) is 50.7 Å². The minimum absolute atomic E-state index is 0.0246. The number of aromatic nitrogens is 4. The van der Waals surface area contributed by atoms with Gasteiger partial charge in [-0.3, -0.25) is 9.59 Å². The smallest absolute Gasteiger partial charge is 0.351 e. The molecule has 10 nitrogen and oxygen atoms in total. The van der Waals surface area contributed by atoms with Crippen molar-refractivity contribution in [3.63, 3.8) is 0 Å². The Kier molecular flexibility index (Phi) is 6.36. The van der Waals surface area contributed by atoms with Gasteiger partial charge in [-0.05, 0) is 44.0 Å². The predicted octanol–water partition coefficient (Wildman–Crippen LogP) is 2.60. The van der Waals surface area contributed by atoms with Crippen molar-refractivity contribution in [2.45, 2.75) is 26.3 Å². The molecule has 0 unspecified atom stereocenters. The van der Waals surface area contributed by atoms with Gasteiger partial charge in [-0.1, -0.05) is 24.3 Å². The molecule has 2 aromatic carbocycles. The Morgan fingerprint density at radius 2 is 1.83 bits per heavy atom. The SMILES string of the molecule is CCOC(=O)C1CCN(c2nc3ccccc3n3c(=O)n(CC(=O)Nc4ccccc4F)nc23)CC1. The van der Waals surface area contributed by atoms with Crippen LogP contribution in [0.5, 0.6) is 0 Å². The van der Waals surface area contributed by atoms with Gasteiger partial charge in [-0.2, -0.15) is 0 Å². The fraction of sp³-hybridized carbons (Fsp3) is 0.320. The number of ether oxygens (including phenoxy) is 1. The van der Waals surface area contributed by atoms with E-state index < -0.39 is 24.0 Å². The number of benzene rings is 2. The molecular weight excluding hydrogens is 467 g/mol. The molecule has 36 heavy (non-hydrogen) atoms. The molecule has 186 valence electrons. The molecule has 1 aliphatic heterocycles. The number of anilines is 2. The predicted molar refractivity (Wildman–Crippen MR) is 131 cm³/mol. The van der Waals surface area contributed by atoms with Crippen LogP contribution < -0.4 is 15.9 Å². The number of amides is 1. The summed E-state index contributed by atoms with van der Waals surface area (Å²) in [4.78, 5) is 44.9. The number of esters is 1. The van der Waals surface area contributed by atoms with Crippen molar-refractivity contribution < 1.29 is 18.7 Å². The van der Waals surface area contributed by atoms with E-state index in [-0.39, 0.29) is 17.6 Å². The fourth-order valence-electron chi connectivity index (χ4n) is 4.47. The van der Waals surface area contributed by atoms with Gasteiger partial charge in [0.25, 0.3) is 0 Å². The largest absolute Gasteiger partial charge is 0.466 e. The quantitative estimate of drug-likeness (QED) is 0.412. The standard InChI is InChI=1S/C25H25FN6O4/c1-2-36-24(34)16-11-13-30(14-12-16)22-23-29-31(15-21(33)27-18-8-4-3-7-17(18)26)25(35)32(23)20-10-6-5-9-19(20)28-22/h3-10,16H,2,11-15H2,1H3,(H,27,33). The Morgan fingerprint density at radius 1 is 1.11 bits per heavy atom. The number of hydrogen-bond donors (Lipinski definition) is 1. The van der Waals surface area contributed by atoms with Crippen molar-refractivity contribution in [1.29, 1.82) is 0 Å². The number of fused-ring (bicyclic) bond motifs is 3. The second kappa shape index (κ2) is 9.76. The first-order valence-electron chi connectivity index (χ1n) is 11.8. The molecule has 0 saturated carbocycles. The van der Waals surface area contributed by atoms with Gasteiger partial charge in [0.2, 0.25) is 11.6 Å². The van der Waals surface area contributed by atoms with Crippen LogP contribution in [-0.2, 0) is 20.9 Å². The Hall–Kier alpha value is -4.28. The van der Waals surface area contributed by atoms with Crippen LogP contribution in [0, 0.1) is 11.7 Å². The lowest BCUT2D eigenvalue weighted by molar-refractivity contribution is -0.148. The van der Waals surface area contributed by atoms with Gasteiger partial charge in [0.15, 0.2) is 5.82 Å². The molecule has 0 bridgehead atoms. The van der Waals surface area contributed by atoms with Crippen LogP contribution in [0.3, 0.4) is 0 Å². The maximum Gasteiger partial charge on any atom is 0.351 e. The zero-order chi connectivity index (χ0) is 25.2. The number of nitrogens with zero attached hydrogens (tertiary/aromatic N) is 5. The molecule has 4 aromatic rings. The monoisotopic (exact) mass is 492 g/mol. The van der Waals surface area contributed by atoms with Crippen LogP contribution in [0.4, 0.5) is 15.9 Å². The number of carbonyl (C=O) groups excluding carboxylic acids is 2. The van der Waals surface area contributed by atoms with E-state index in [4.69, 9.17) is 9.72 Å². The second-order valence-corrected chi connectivity index (χ2v) is 8.56. The molecule has 1 N–H and O–H groups in total. The Labute approximate surface area is 205 Å². The van der Waals surface area contributed by atoms with Gasteiger partial charge in [0.1, 0.15) is 12.4 Å². The average Bonchev–Trinajstić information content (AvgIpc) is 3.21. The third kappa shape index (κ3) is 4.39. The highest BCUT2D eigenvalue weighted by molar-refractivity contribution is 5.90. The first-order valence-corrected chi connectivity index (χ1v) is 11.8. The van der Waals surface area contributed by atoms with Crippen molar-refractivity contribution >= 4 is 40.1 Å². The van der Waals surface area contributed by atoms with Crippen LogP contribution in [0.1, 0.15) is 19.8 Å². The molecule has 1 aliphatic rings. The van der Waals surface area contributed by atoms with Crippen LogP contribution in [0.2, 0.25) is 0 Å². The summed E-state index contributed by atoms with van der Waals surface area (Å²) in [7, 11) is 0. The first kappa shape index (κ1) is 23.5. The molecule has 11 heteroatoms. The number of halogens is 1. The highest BCUT2D eigenvalue weighted by Gasteiger charge is 2.29. The van der Waals surface area contributed by atoms with Gasteiger partial charge in [0, 0.05) is 13.1 Å². The normalized spacial score (nSPS) is 14.3. The van der Waals surface area contributed by atoms with Crippen molar-refractivity contribution in [3.05, 3.63) is 64.8 Å². The summed E-state index contributed by atoms with van der Waals surface area (Å²) in [6, 6.07) is 13.0. The molecule has 0 aliphatic carbocycles. The van der Waals surface area contributed by atoms with E-state index in [9.17, 15) is 18.8 Å². The molecular formula is C25H25FN6O4. The van der Waals surface area contributed by atoms with E-state index >= 15 is 0 Å². The molecule has 1 amide bonds. The number of hydrogen-bond acceptors (Lipinski definition) is 7. The summed E-state index contributed by atoms with van der Waals surface area (Å²) in [6.45, 7) is 2.82. The molecule has 2 aromatic heterocycles. The van der Waals surface area contributed by atoms with Crippen molar-refractivity contribution in [1.82, 2.24) is 19.2 Å². The van der Waals surface area contributed by atoms with Gasteiger partial charge in [-0.25, -0.2) is 23.3 Å². The number of carbonyl (C=O) groups is 2. The van der Waals surface area contributed by atoms with Crippen LogP contribution in [0.15, 0.2) is 53.3 Å². The molecule has 5 rings (SSSR count). The first-order chi connectivity index (χ1) is 17.5. The molecule has 0 radical (unpaired) electrons. The summed E-state index contributed by atoms with van der Waals surface area (Å²) in [6.07, 6.45) is 1.19. The maximum atomic E-state index is 13.9. The van der Waals surface area contributed by atoms with Gasteiger partial charge >= 0.3 is 11.7 Å². The number of para-hydroxylation sites is 3. The number of rotatable bonds is 6. The van der Waals surface area contributed by atoms with Crippen LogP contribution >= 0.6 is 0 Å². The lowest BCUT2D eigenvalue weighted by Gasteiger charge is -2.31. The zero-order valence-electron chi connectivity index (χ0n) is 19.7. The van der Waals surface area contributed by atoms with Gasteiger partial charge in [0.05, 0.1) is 29.2 Å². The minimum atomic E-state index is -0.584. The number of piperidine rings is 1. The van der Waals surface area contributed by atoms with Gasteiger partial charge < -0.3 is 15.0 Å². The minimum Gasteiger partial charge on any atom is -0.466 e. The molecule has 3 heterocycles. The lowest BCUT2D eigenvalue weighted by Crippen LogP contribution is -2.37. The second-order valence-electron chi connectivity index (χ2n) is 8.56. The maximum absolute atomic E-state index is 13.9. The molecule has 0 atom stereocenters. The van der Waals surface area contributed by atoms with E-state index in [0.29, 0.717) is 55.0 Å². The zero-order valence-corrected chi connectivity index (χ0v) is 19.7. The van der Waals surface area contributed by atoms with Crippen molar-refractivity contribution in [3.8, 4) is 0 Å². The van der Waals surface area contributed by atoms with Crippen LogP contribution in [0.25, 0.3) is 16.7 Å². The fourth-order valence-corrected chi connectivity index (χ4v) is 4.47. The topological polar surface area (TPSA) is 111 Å². The summed E-state index contributed by atoms with van der Waals surface area (Å²) >= 11 is 0. The summed E-state index contributed by atoms with van der Waals surface area (Å²) in [5.74, 6) is -1.03. The summed E-state index contributed by atoms with van der Waals surface area (Å²) < 4.78 is 21.6. The van der Waals surface area contributed by atoms with E-state index in [0.717, 1.165) is 4.68 Å². The Morgan fingerprint density at radius 3 is 2.58 bits per heavy atom. The Bertz CT molecular complexity index is 1510. The molecule has 1 fully saturated rings. The van der Waals surface area contributed by atoms with Gasteiger partial charge in [-0.15, -0.1) is 5.10 Å². The Balaban J connectivity index is 1.48. The van der Waals surface area contributed by atoms with E-state index in [1.807, 2.05) is 11.0 Å². The van der Waals surface area contributed by atoms with E-state index in [1.165, 1.54) is 22.6 Å². The summed E-state index contributed by atoms with van der Waals surface area (Å²) in [5.41, 5.74) is 0.993. The highest BCUT2D eigenvalue weighted by Crippen LogP contribution is 2.27. The molecule has 0 spiro atoms. The van der Waals surface area contributed by atoms with Crippen molar-refractivity contribution in [2.75, 3.05) is 29.9 Å². The van der Waals surface area contributed by atoms with E-state index in [2.05, 4.69) is 10.4 Å². The molecule has 1 saturated heterocycles. The van der Waals surface area contributed by atoms with Crippen molar-refractivity contribution in [2.24, 2.45) is 5.92 Å².